The fourth-order valence-corrected chi connectivity index (χ4v) is 7.11. The van der Waals surface area contributed by atoms with E-state index in [9.17, 15) is 9.59 Å². The molecule has 6 rings (SSSR count). The lowest BCUT2D eigenvalue weighted by Gasteiger charge is -2.21. The molecule has 0 spiro atoms. The van der Waals surface area contributed by atoms with Crippen LogP contribution in [0.3, 0.4) is 0 Å². The van der Waals surface area contributed by atoms with Crippen molar-refractivity contribution < 1.29 is 14.3 Å². The first-order chi connectivity index (χ1) is 17.3. The van der Waals surface area contributed by atoms with Crippen molar-refractivity contribution in [3.8, 4) is 11.1 Å². The second-order valence-electron chi connectivity index (χ2n) is 10.5. The number of thiophene rings is 1. The fourth-order valence-electron chi connectivity index (χ4n) is 5.70. The Kier molecular flexibility index (Phi) is 5.80. The van der Waals surface area contributed by atoms with E-state index in [1.54, 1.807) is 17.5 Å². The van der Waals surface area contributed by atoms with Gasteiger partial charge in [-0.05, 0) is 53.3 Å². The minimum Gasteiger partial charge on any atom is -0.371 e. The predicted molar refractivity (Wildman–Crippen MR) is 143 cm³/mol. The van der Waals surface area contributed by atoms with Crippen molar-refractivity contribution in [2.24, 2.45) is 17.3 Å². The van der Waals surface area contributed by atoms with E-state index in [1.807, 2.05) is 38.1 Å². The highest BCUT2D eigenvalue weighted by molar-refractivity contribution is 7.19. The van der Waals surface area contributed by atoms with Crippen LogP contribution in [-0.2, 0) is 20.9 Å². The quantitative estimate of drug-likeness (QED) is 0.475. The molecule has 6 nitrogen and oxygen atoms in total. The van der Waals surface area contributed by atoms with E-state index in [2.05, 4.69) is 29.4 Å². The van der Waals surface area contributed by atoms with Crippen LogP contribution in [0.2, 0.25) is 5.02 Å². The first-order valence-electron chi connectivity index (χ1n) is 12.3. The Balaban J connectivity index is 1.35. The SMILES string of the molecule is Cc1cc(Cl)cc(-c2ccnc3cc(CN4C(=O)C5C(C4=O)C5(C)C)sc23)c1/C=C/[C@H]1CNCCO1. The van der Waals surface area contributed by atoms with Gasteiger partial charge in [-0.1, -0.05) is 37.6 Å². The maximum atomic E-state index is 12.9. The third-order valence-corrected chi connectivity index (χ3v) is 9.10. The molecule has 8 heteroatoms. The van der Waals surface area contributed by atoms with Crippen LogP contribution in [0.5, 0.6) is 0 Å². The molecule has 186 valence electrons. The zero-order valence-corrected chi connectivity index (χ0v) is 22.1. The number of ether oxygens (including phenoxy) is 1. The Morgan fingerprint density at radius 1 is 1.22 bits per heavy atom. The summed E-state index contributed by atoms with van der Waals surface area (Å²) in [6.45, 7) is 8.73. The summed E-state index contributed by atoms with van der Waals surface area (Å²) in [6.07, 6.45) is 6.05. The molecule has 1 N–H and O–H groups in total. The molecule has 1 aliphatic carbocycles. The van der Waals surface area contributed by atoms with Crippen LogP contribution in [0, 0.1) is 24.2 Å². The number of aromatic nitrogens is 1. The number of hydrogen-bond donors (Lipinski definition) is 1. The van der Waals surface area contributed by atoms with Crippen molar-refractivity contribution in [2.75, 3.05) is 19.7 Å². The van der Waals surface area contributed by atoms with E-state index >= 15 is 0 Å². The lowest BCUT2D eigenvalue weighted by molar-refractivity contribution is -0.143. The predicted octanol–water partition coefficient (Wildman–Crippen LogP) is 5.07. The number of nitrogens with one attached hydrogen (secondary N) is 1. The molecule has 1 saturated carbocycles. The van der Waals surface area contributed by atoms with Gasteiger partial charge in [-0.15, -0.1) is 11.3 Å². The van der Waals surface area contributed by atoms with Crippen molar-refractivity contribution in [3.63, 3.8) is 0 Å². The smallest absolute Gasteiger partial charge is 0.234 e. The molecule has 0 radical (unpaired) electrons. The second kappa shape index (κ2) is 8.77. The van der Waals surface area contributed by atoms with E-state index in [4.69, 9.17) is 16.3 Å². The summed E-state index contributed by atoms with van der Waals surface area (Å²) in [7, 11) is 0. The van der Waals surface area contributed by atoms with Gasteiger partial charge in [0.1, 0.15) is 0 Å². The molecule has 3 fully saturated rings. The molecule has 3 aliphatic rings. The highest BCUT2D eigenvalue weighted by Gasteiger charge is 2.72. The highest BCUT2D eigenvalue weighted by Crippen LogP contribution is 2.63. The van der Waals surface area contributed by atoms with Crippen LogP contribution < -0.4 is 5.32 Å². The third-order valence-electron chi connectivity index (χ3n) is 7.74. The zero-order chi connectivity index (χ0) is 25.2. The molecule has 4 heterocycles. The zero-order valence-electron chi connectivity index (χ0n) is 20.5. The van der Waals surface area contributed by atoms with Gasteiger partial charge in [-0.25, -0.2) is 0 Å². The number of benzene rings is 1. The Morgan fingerprint density at radius 3 is 2.72 bits per heavy atom. The van der Waals surface area contributed by atoms with Gasteiger partial charge in [-0.3, -0.25) is 19.5 Å². The molecule has 2 unspecified atom stereocenters. The Labute approximate surface area is 219 Å². The van der Waals surface area contributed by atoms with Gasteiger partial charge in [0.05, 0.1) is 41.3 Å². The lowest BCUT2D eigenvalue weighted by Crippen LogP contribution is -2.37. The van der Waals surface area contributed by atoms with Crippen molar-refractivity contribution in [3.05, 3.63) is 57.6 Å². The average molecular weight is 522 g/mol. The summed E-state index contributed by atoms with van der Waals surface area (Å²) in [5.41, 5.74) is 4.87. The summed E-state index contributed by atoms with van der Waals surface area (Å²) in [5.74, 6) is -0.420. The third kappa shape index (κ3) is 3.89. The van der Waals surface area contributed by atoms with Crippen molar-refractivity contribution in [2.45, 2.75) is 33.4 Å². The summed E-state index contributed by atoms with van der Waals surface area (Å²) >= 11 is 8.09. The first kappa shape index (κ1) is 23.8. The molecule has 0 bridgehead atoms. The van der Waals surface area contributed by atoms with Gasteiger partial charge in [-0.2, -0.15) is 0 Å². The number of likely N-dealkylation sites (tertiary alicyclic amines) is 1. The molecule has 2 amide bonds. The van der Waals surface area contributed by atoms with Crippen LogP contribution in [-0.4, -0.2) is 47.5 Å². The maximum Gasteiger partial charge on any atom is 0.234 e. The summed E-state index contributed by atoms with van der Waals surface area (Å²) < 4.78 is 6.86. The molecule has 2 aliphatic heterocycles. The number of carbonyl (C=O) groups is 2. The topological polar surface area (TPSA) is 71.5 Å². The van der Waals surface area contributed by atoms with E-state index in [1.165, 1.54) is 4.90 Å². The van der Waals surface area contributed by atoms with Crippen LogP contribution in [0.1, 0.15) is 29.9 Å². The Morgan fingerprint density at radius 2 is 2.00 bits per heavy atom. The number of fused-ring (bicyclic) bond motifs is 2. The van der Waals surface area contributed by atoms with Crippen LogP contribution in [0.4, 0.5) is 0 Å². The number of rotatable bonds is 5. The van der Waals surface area contributed by atoms with Crippen LogP contribution in [0.15, 0.2) is 36.5 Å². The number of morpholine rings is 1. The highest BCUT2D eigenvalue weighted by atomic mass is 35.5. The van der Waals surface area contributed by atoms with E-state index < -0.39 is 0 Å². The number of piperidine rings is 1. The number of imide groups is 1. The Hall–Kier alpha value is -2.58. The lowest BCUT2D eigenvalue weighted by atomic mass is 9.95. The molecule has 36 heavy (non-hydrogen) atoms. The molecular formula is C28H28ClN3O3S. The number of aryl methyl sites for hydroxylation is 1. The number of hydrogen-bond acceptors (Lipinski definition) is 6. The number of amides is 2. The number of carbonyl (C=O) groups excluding carboxylic acids is 2. The van der Waals surface area contributed by atoms with E-state index in [0.29, 0.717) is 18.2 Å². The molecule has 2 aromatic heterocycles. The van der Waals surface area contributed by atoms with E-state index in [-0.39, 0.29) is 35.2 Å². The largest absolute Gasteiger partial charge is 0.371 e. The average Bonchev–Trinajstić information content (AvgIpc) is 3.10. The minimum atomic E-state index is -0.202. The number of pyridine rings is 1. The van der Waals surface area contributed by atoms with E-state index in [0.717, 1.165) is 50.4 Å². The van der Waals surface area contributed by atoms with Gasteiger partial charge in [0.2, 0.25) is 11.8 Å². The minimum absolute atomic E-state index is 0.0270. The van der Waals surface area contributed by atoms with Crippen LogP contribution >= 0.6 is 22.9 Å². The molecule has 1 aromatic carbocycles. The van der Waals surface area contributed by atoms with Gasteiger partial charge >= 0.3 is 0 Å². The van der Waals surface area contributed by atoms with Crippen molar-refractivity contribution in [1.82, 2.24) is 15.2 Å². The summed E-state index contributed by atoms with van der Waals surface area (Å²) in [6, 6.07) is 7.97. The first-order valence-corrected chi connectivity index (χ1v) is 13.5. The Bertz CT molecular complexity index is 1400. The monoisotopic (exact) mass is 521 g/mol. The second-order valence-corrected chi connectivity index (χ2v) is 12.1. The van der Waals surface area contributed by atoms with Crippen molar-refractivity contribution in [1.29, 1.82) is 0 Å². The van der Waals surface area contributed by atoms with Gasteiger partial charge in [0.25, 0.3) is 0 Å². The molecular weight excluding hydrogens is 494 g/mol. The van der Waals surface area contributed by atoms with Crippen molar-refractivity contribution >= 4 is 51.0 Å². The molecule has 2 saturated heterocycles. The summed E-state index contributed by atoms with van der Waals surface area (Å²) in [4.78, 5) is 32.7. The van der Waals surface area contributed by atoms with Gasteiger partial charge in [0.15, 0.2) is 0 Å². The normalized spacial score (nSPS) is 25.2. The number of halogens is 1. The van der Waals surface area contributed by atoms with Crippen LogP contribution in [0.25, 0.3) is 27.4 Å². The van der Waals surface area contributed by atoms with Gasteiger partial charge in [0, 0.05) is 34.7 Å². The fraction of sp³-hybridized carbons (Fsp3) is 0.393. The molecule has 3 aromatic rings. The maximum absolute atomic E-state index is 12.9. The summed E-state index contributed by atoms with van der Waals surface area (Å²) in [5, 5.41) is 4.03. The standard InChI is InChI=1S/C28H28ClN3O3S/c1-15-10-16(29)11-21(19(15)5-4-17-13-30-8-9-35-17)20-6-7-31-22-12-18(36-25(20)22)14-32-26(33)23-24(27(32)34)28(23,2)3/h4-7,10-12,17,23-24,30H,8-9,13-14H2,1-3H3/b5-4+/t17-,23?,24?/m0/s1. The van der Waals surface area contributed by atoms with Gasteiger partial charge < -0.3 is 10.1 Å². The number of nitrogens with zero attached hydrogens (tertiary/aromatic N) is 2. The molecule has 3 atom stereocenters.